The van der Waals surface area contributed by atoms with E-state index in [-0.39, 0.29) is 11.9 Å². The second-order valence-corrected chi connectivity index (χ2v) is 5.02. The van der Waals surface area contributed by atoms with E-state index in [1.165, 1.54) is 0 Å². The summed E-state index contributed by atoms with van der Waals surface area (Å²) in [6.07, 6.45) is 3.73. The smallest absolute Gasteiger partial charge is 0.323 e. The minimum absolute atomic E-state index is 0.199. The minimum atomic E-state index is -0.499. The Bertz CT molecular complexity index is 584. The van der Waals surface area contributed by atoms with Crippen LogP contribution >= 0.6 is 0 Å². The van der Waals surface area contributed by atoms with Crippen LogP contribution in [0, 0.1) is 0 Å². The minimum Gasteiger partial charge on any atom is -0.329 e. The molecule has 0 saturated carbocycles. The van der Waals surface area contributed by atoms with Crippen molar-refractivity contribution in [2.75, 3.05) is 11.4 Å². The summed E-state index contributed by atoms with van der Waals surface area (Å²) in [4.78, 5) is 29.9. The third-order valence-electron chi connectivity index (χ3n) is 3.62. The van der Waals surface area contributed by atoms with Gasteiger partial charge in [0.05, 0.1) is 0 Å². The van der Waals surface area contributed by atoms with E-state index in [9.17, 15) is 9.59 Å². The molecule has 0 bridgehead atoms. The van der Waals surface area contributed by atoms with Crippen LogP contribution in [-0.2, 0) is 11.2 Å². The van der Waals surface area contributed by atoms with Gasteiger partial charge in [0.1, 0.15) is 11.9 Å². The van der Waals surface area contributed by atoms with Crippen LogP contribution in [0.4, 0.5) is 10.6 Å². The van der Waals surface area contributed by atoms with E-state index >= 15 is 0 Å². The number of allylic oxidation sites excluding steroid dienone is 1. The molecule has 1 saturated heterocycles. The highest BCUT2D eigenvalue weighted by Gasteiger charge is 2.30. The highest BCUT2D eigenvalue weighted by Crippen LogP contribution is 2.24. The van der Waals surface area contributed by atoms with Crippen LogP contribution in [0.15, 0.2) is 30.6 Å². The van der Waals surface area contributed by atoms with Crippen molar-refractivity contribution in [3.8, 4) is 0 Å². The van der Waals surface area contributed by atoms with E-state index in [0.717, 1.165) is 12.0 Å². The van der Waals surface area contributed by atoms with Crippen LogP contribution in [-0.4, -0.2) is 29.5 Å². The van der Waals surface area contributed by atoms with Gasteiger partial charge in [0.25, 0.3) is 0 Å². The average Bonchev–Trinajstić information content (AvgIpc) is 2.86. The zero-order chi connectivity index (χ0) is 14.1. The van der Waals surface area contributed by atoms with Crippen LogP contribution in [0.25, 0.3) is 0 Å². The Labute approximate surface area is 116 Å². The molecule has 0 radical (unpaired) electrons. The zero-order valence-electron chi connectivity index (χ0n) is 11.1. The molecule has 0 aromatic carbocycles. The number of pyridine rings is 1. The summed E-state index contributed by atoms with van der Waals surface area (Å²) in [5, 5.41) is 5.43. The standard InChI is InChI=1S/C14H16N4O2/c1-9-4-5-11(13(19)16-9)17-14(20)18-8-6-10-3-2-7-15-12(10)18/h2-3,7,11H,1,4-6,8H2,(H,16,19)(H,17,20)/t11-/m0/s1. The van der Waals surface area contributed by atoms with Gasteiger partial charge in [0, 0.05) is 18.4 Å². The Kier molecular flexibility index (Phi) is 3.14. The fraction of sp³-hybridized carbons (Fsp3) is 0.357. The topological polar surface area (TPSA) is 74.3 Å². The Balaban J connectivity index is 1.69. The van der Waals surface area contributed by atoms with Gasteiger partial charge >= 0.3 is 6.03 Å². The number of hydrogen-bond donors (Lipinski definition) is 2. The van der Waals surface area contributed by atoms with Crippen LogP contribution in [0.1, 0.15) is 18.4 Å². The monoisotopic (exact) mass is 272 g/mol. The van der Waals surface area contributed by atoms with Gasteiger partial charge in [-0.15, -0.1) is 0 Å². The number of fused-ring (bicyclic) bond motifs is 1. The van der Waals surface area contributed by atoms with Gasteiger partial charge in [-0.05, 0) is 30.9 Å². The van der Waals surface area contributed by atoms with Crippen molar-refractivity contribution in [1.82, 2.24) is 15.6 Å². The maximum absolute atomic E-state index is 12.3. The van der Waals surface area contributed by atoms with Gasteiger partial charge in [-0.1, -0.05) is 12.6 Å². The Hall–Kier alpha value is -2.37. The number of hydrogen-bond acceptors (Lipinski definition) is 3. The summed E-state index contributed by atoms with van der Waals surface area (Å²) < 4.78 is 0. The van der Waals surface area contributed by atoms with E-state index in [2.05, 4.69) is 22.2 Å². The second kappa shape index (κ2) is 4.96. The zero-order valence-corrected chi connectivity index (χ0v) is 11.1. The number of carbonyl (C=O) groups excluding carboxylic acids is 2. The highest BCUT2D eigenvalue weighted by atomic mass is 16.2. The fourth-order valence-electron chi connectivity index (χ4n) is 2.54. The first-order chi connectivity index (χ1) is 9.65. The van der Waals surface area contributed by atoms with Gasteiger partial charge in [0.2, 0.25) is 5.91 Å². The van der Waals surface area contributed by atoms with Gasteiger partial charge < -0.3 is 10.6 Å². The molecular formula is C14H16N4O2. The summed E-state index contributed by atoms with van der Waals surface area (Å²) in [6.45, 7) is 4.32. The first-order valence-corrected chi connectivity index (χ1v) is 6.66. The Morgan fingerprint density at radius 1 is 1.50 bits per heavy atom. The van der Waals surface area contributed by atoms with Gasteiger partial charge in [-0.2, -0.15) is 0 Å². The normalized spacial score (nSPS) is 21.4. The number of urea groups is 1. The molecule has 2 N–H and O–H groups in total. The molecule has 6 nitrogen and oxygen atoms in total. The molecule has 0 spiro atoms. The number of amides is 3. The van der Waals surface area contributed by atoms with E-state index in [1.54, 1.807) is 11.1 Å². The summed E-state index contributed by atoms with van der Waals surface area (Å²) >= 11 is 0. The number of aromatic nitrogens is 1. The predicted octanol–water partition coefficient (Wildman–Crippen LogP) is 0.946. The van der Waals surface area contributed by atoms with Crippen molar-refractivity contribution >= 4 is 17.8 Å². The van der Waals surface area contributed by atoms with Crippen molar-refractivity contribution in [2.45, 2.75) is 25.3 Å². The van der Waals surface area contributed by atoms with Crippen molar-refractivity contribution in [1.29, 1.82) is 0 Å². The number of nitrogens with one attached hydrogen (secondary N) is 2. The molecule has 1 fully saturated rings. The molecule has 2 aliphatic rings. The lowest BCUT2D eigenvalue weighted by Crippen LogP contribution is -2.53. The van der Waals surface area contributed by atoms with Crippen LogP contribution in [0.2, 0.25) is 0 Å². The third-order valence-corrected chi connectivity index (χ3v) is 3.62. The SMILES string of the molecule is C=C1CC[C@H](NC(=O)N2CCc3cccnc32)C(=O)N1. The molecule has 104 valence electrons. The van der Waals surface area contributed by atoms with Gasteiger partial charge in [0.15, 0.2) is 0 Å². The molecule has 3 heterocycles. The molecule has 3 amide bonds. The number of anilines is 1. The first kappa shape index (κ1) is 12.7. The number of carbonyl (C=O) groups is 2. The third kappa shape index (κ3) is 2.24. The molecule has 6 heteroatoms. The lowest BCUT2D eigenvalue weighted by atomic mass is 10.1. The maximum Gasteiger partial charge on any atom is 0.323 e. The molecule has 3 rings (SSSR count). The van der Waals surface area contributed by atoms with Crippen LogP contribution in [0.3, 0.4) is 0 Å². The van der Waals surface area contributed by atoms with Crippen molar-refractivity contribution < 1.29 is 9.59 Å². The lowest BCUT2D eigenvalue weighted by Gasteiger charge is -2.26. The summed E-state index contributed by atoms with van der Waals surface area (Å²) in [7, 11) is 0. The van der Waals surface area contributed by atoms with Crippen LogP contribution in [0.5, 0.6) is 0 Å². The molecule has 1 aromatic rings. The molecule has 0 unspecified atom stereocenters. The van der Waals surface area contributed by atoms with Crippen molar-refractivity contribution in [3.05, 3.63) is 36.2 Å². The largest absolute Gasteiger partial charge is 0.329 e. The lowest BCUT2D eigenvalue weighted by molar-refractivity contribution is -0.123. The molecule has 1 atom stereocenters. The summed E-state index contributed by atoms with van der Waals surface area (Å²) in [5.41, 5.74) is 1.76. The number of rotatable bonds is 1. The molecular weight excluding hydrogens is 256 g/mol. The Morgan fingerprint density at radius 3 is 3.15 bits per heavy atom. The second-order valence-electron chi connectivity index (χ2n) is 5.02. The summed E-state index contributed by atoms with van der Waals surface area (Å²) in [5.74, 6) is 0.487. The van der Waals surface area contributed by atoms with Crippen molar-refractivity contribution in [2.24, 2.45) is 0 Å². The van der Waals surface area contributed by atoms with E-state index in [0.29, 0.717) is 30.9 Å². The highest BCUT2D eigenvalue weighted by molar-refractivity contribution is 5.96. The maximum atomic E-state index is 12.3. The Morgan fingerprint density at radius 2 is 2.35 bits per heavy atom. The predicted molar refractivity (Wildman–Crippen MR) is 74.1 cm³/mol. The quantitative estimate of drug-likeness (QED) is 0.799. The summed E-state index contributed by atoms with van der Waals surface area (Å²) in [6, 6.07) is 3.06. The molecule has 1 aromatic heterocycles. The van der Waals surface area contributed by atoms with Gasteiger partial charge in [-0.25, -0.2) is 9.78 Å². The molecule has 20 heavy (non-hydrogen) atoms. The molecule has 2 aliphatic heterocycles. The van der Waals surface area contributed by atoms with E-state index in [1.807, 2.05) is 12.1 Å². The average molecular weight is 272 g/mol. The van der Waals surface area contributed by atoms with Gasteiger partial charge in [-0.3, -0.25) is 9.69 Å². The molecule has 0 aliphatic carbocycles. The number of piperidine rings is 1. The van der Waals surface area contributed by atoms with E-state index < -0.39 is 6.04 Å². The fourth-order valence-corrected chi connectivity index (χ4v) is 2.54. The van der Waals surface area contributed by atoms with Crippen LogP contribution < -0.4 is 15.5 Å². The van der Waals surface area contributed by atoms with E-state index in [4.69, 9.17) is 0 Å². The number of nitrogens with zero attached hydrogens (tertiary/aromatic N) is 2. The van der Waals surface area contributed by atoms with Crippen molar-refractivity contribution in [3.63, 3.8) is 0 Å². The first-order valence-electron chi connectivity index (χ1n) is 6.66.